The normalized spacial score (nSPS) is 11.8. The van der Waals surface area contributed by atoms with E-state index < -0.39 is 0 Å². The van der Waals surface area contributed by atoms with Crippen LogP contribution in [0.4, 0.5) is 0 Å². The minimum absolute atomic E-state index is 0.500. The van der Waals surface area contributed by atoms with Crippen LogP contribution in [0, 0.1) is 0 Å². The van der Waals surface area contributed by atoms with Crippen molar-refractivity contribution in [1.82, 2.24) is 9.55 Å². The molecule has 0 saturated heterocycles. The highest BCUT2D eigenvalue weighted by atomic mass is 79.9. The molecule has 0 spiro atoms. The minimum atomic E-state index is 0.500. The van der Waals surface area contributed by atoms with E-state index in [9.17, 15) is 0 Å². The fraction of sp³-hybridized carbons (Fsp3) is 0. The standard InChI is InChI=1S/C25H16BrClN2O/c1-3-4-7-15(2)25-28-19-11-13-22-23(24(19)30-25)17-8-5-6-9-20(17)29(22)21-12-10-16(27)14-18(21)26/h3-14H,1-2H2/b7-4-. The molecule has 0 aliphatic heterocycles. The van der Waals surface area contributed by atoms with Gasteiger partial charge >= 0.3 is 0 Å². The number of nitrogens with zero attached hydrogens (tertiary/aromatic N) is 2. The van der Waals surface area contributed by atoms with Gasteiger partial charge in [-0.25, -0.2) is 4.98 Å². The molecule has 5 aromatic rings. The first-order valence-electron chi connectivity index (χ1n) is 9.35. The molecular formula is C25H16BrClN2O. The van der Waals surface area contributed by atoms with Crippen LogP contribution in [-0.4, -0.2) is 9.55 Å². The summed E-state index contributed by atoms with van der Waals surface area (Å²) in [5.74, 6) is 0.500. The minimum Gasteiger partial charge on any atom is -0.435 e. The molecule has 30 heavy (non-hydrogen) atoms. The molecule has 0 radical (unpaired) electrons. The highest BCUT2D eigenvalue weighted by molar-refractivity contribution is 9.10. The quantitative estimate of drug-likeness (QED) is 0.246. The Morgan fingerprint density at radius 2 is 1.93 bits per heavy atom. The molecule has 0 aliphatic carbocycles. The maximum absolute atomic E-state index is 6.20. The van der Waals surface area contributed by atoms with E-state index in [-0.39, 0.29) is 0 Å². The van der Waals surface area contributed by atoms with Crippen LogP contribution in [0.25, 0.3) is 44.2 Å². The van der Waals surface area contributed by atoms with Gasteiger partial charge in [-0.1, -0.05) is 61.2 Å². The van der Waals surface area contributed by atoms with Gasteiger partial charge < -0.3 is 8.98 Å². The summed E-state index contributed by atoms with van der Waals surface area (Å²) in [6.45, 7) is 7.75. The summed E-state index contributed by atoms with van der Waals surface area (Å²) in [5.41, 5.74) is 5.35. The van der Waals surface area contributed by atoms with Crippen molar-refractivity contribution in [3.05, 3.63) is 101 Å². The molecule has 0 fully saturated rings. The Hall–Kier alpha value is -3.08. The van der Waals surface area contributed by atoms with Crippen LogP contribution in [0.15, 0.2) is 94.9 Å². The summed E-state index contributed by atoms with van der Waals surface area (Å²) in [6, 6.07) is 18.1. The third-order valence-corrected chi connectivity index (χ3v) is 5.92. The lowest BCUT2D eigenvalue weighted by molar-refractivity contribution is 0.589. The average molecular weight is 476 g/mol. The molecule has 3 nitrogen and oxygen atoms in total. The zero-order chi connectivity index (χ0) is 20.8. The number of fused-ring (bicyclic) bond motifs is 5. The number of halogens is 2. The van der Waals surface area contributed by atoms with Gasteiger partial charge in [0.1, 0.15) is 5.52 Å². The van der Waals surface area contributed by atoms with Crippen molar-refractivity contribution in [2.45, 2.75) is 0 Å². The van der Waals surface area contributed by atoms with E-state index in [1.165, 1.54) is 0 Å². The molecule has 2 aromatic heterocycles. The first-order chi connectivity index (χ1) is 14.6. The fourth-order valence-electron chi connectivity index (χ4n) is 3.75. The average Bonchev–Trinajstić information content (AvgIpc) is 3.31. The van der Waals surface area contributed by atoms with Crippen molar-refractivity contribution in [3.8, 4) is 5.69 Å². The van der Waals surface area contributed by atoms with Crippen molar-refractivity contribution in [3.63, 3.8) is 0 Å². The predicted octanol–water partition coefficient (Wildman–Crippen LogP) is 8.10. The molecule has 0 amide bonds. The Morgan fingerprint density at radius 1 is 1.10 bits per heavy atom. The van der Waals surface area contributed by atoms with Crippen LogP contribution < -0.4 is 0 Å². The zero-order valence-corrected chi connectivity index (χ0v) is 18.2. The van der Waals surface area contributed by atoms with Crippen LogP contribution in [0.5, 0.6) is 0 Å². The fourth-order valence-corrected chi connectivity index (χ4v) is 4.61. The molecule has 0 saturated carbocycles. The van der Waals surface area contributed by atoms with E-state index in [0.29, 0.717) is 16.5 Å². The summed E-state index contributed by atoms with van der Waals surface area (Å²) >= 11 is 9.85. The number of rotatable bonds is 4. The Balaban J connectivity index is 1.87. The lowest BCUT2D eigenvalue weighted by atomic mass is 10.1. The van der Waals surface area contributed by atoms with E-state index in [1.54, 1.807) is 6.08 Å². The molecule has 146 valence electrons. The van der Waals surface area contributed by atoms with Crippen LogP contribution >= 0.6 is 27.5 Å². The van der Waals surface area contributed by atoms with Crippen molar-refractivity contribution < 1.29 is 4.42 Å². The highest BCUT2D eigenvalue weighted by Gasteiger charge is 2.19. The topological polar surface area (TPSA) is 31.0 Å². The zero-order valence-electron chi connectivity index (χ0n) is 15.9. The van der Waals surface area contributed by atoms with Gasteiger partial charge in [-0.3, -0.25) is 0 Å². The van der Waals surface area contributed by atoms with Crippen molar-refractivity contribution >= 4 is 66.0 Å². The first kappa shape index (κ1) is 18.9. The number of aromatic nitrogens is 2. The number of benzene rings is 3. The molecule has 0 atom stereocenters. The Bertz CT molecular complexity index is 1510. The lowest BCUT2D eigenvalue weighted by Crippen LogP contribution is -1.94. The maximum Gasteiger partial charge on any atom is 0.226 e. The summed E-state index contributed by atoms with van der Waals surface area (Å²) in [5, 5.41) is 2.79. The van der Waals surface area contributed by atoms with Crippen LogP contribution in [0.3, 0.4) is 0 Å². The van der Waals surface area contributed by atoms with Gasteiger partial charge in [0.2, 0.25) is 5.89 Å². The van der Waals surface area contributed by atoms with Gasteiger partial charge in [-0.15, -0.1) is 0 Å². The third-order valence-electron chi connectivity index (χ3n) is 5.05. The number of oxazole rings is 1. The van der Waals surface area contributed by atoms with Gasteiger partial charge in [-0.2, -0.15) is 0 Å². The lowest BCUT2D eigenvalue weighted by Gasteiger charge is -2.10. The second kappa shape index (κ2) is 7.31. The largest absolute Gasteiger partial charge is 0.435 e. The molecule has 5 heteroatoms. The molecule has 0 aliphatic rings. The van der Waals surface area contributed by atoms with Crippen LogP contribution in [-0.2, 0) is 0 Å². The molecule has 5 rings (SSSR count). The monoisotopic (exact) mass is 474 g/mol. The van der Waals surface area contributed by atoms with Gasteiger partial charge in [0, 0.05) is 20.5 Å². The highest BCUT2D eigenvalue weighted by Crippen LogP contribution is 2.39. The van der Waals surface area contributed by atoms with Crippen molar-refractivity contribution in [2.24, 2.45) is 0 Å². The van der Waals surface area contributed by atoms with Crippen LogP contribution in [0.2, 0.25) is 5.02 Å². The molecule has 3 aromatic carbocycles. The summed E-state index contributed by atoms with van der Waals surface area (Å²) in [7, 11) is 0. The number of allylic oxidation sites excluding steroid dienone is 4. The predicted molar refractivity (Wildman–Crippen MR) is 129 cm³/mol. The molecule has 2 heterocycles. The van der Waals surface area contributed by atoms with Gasteiger partial charge in [0.05, 0.1) is 22.1 Å². The van der Waals surface area contributed by atoms with Crippen molar-refractivity contribution in [1.29, 1.82) is 0 Å². The summed E-state index contributed by atoms with van der Waals surface area (Å²) in [6.07, 6.45) is 5.35. The summed E-state index contributed by atoms with van der Waals surface area (Å²) < 4.78 is 9.33. The van der Waals surface area contributed by atoms with E-state index in [2.05, 4.69) is 56.8 Å². The maximum atomic E-state index is 6.20. The van der Waals surface area contributed by atoms with E-state index in [1.807, 2.05) is 48.6 Å². The second-order valence-corrected chi connectivity index (χ2v) is 8.19. The Labute approximate surface area is 186 Å². The van der Waals surface area contributed by atoms with Gasteiger partial charge in [0.25, 0.3) is 0 Å². The number of hydrogen-bond donors (Lipinski definition) is 0. The smallest absolute Gasteiger partial charge is 0.226 e. The van der Waals surface area contributed by atoms with E-state index >= 15 is 0 Å². The van der Waals surface area contributed by atoms with E-state index in [4.69, 9.17) is 16.0 Å². The molecular weight excluding hydrogens is 460 g/mol. The van der Waals surface area contributed by atoms with Gasteiger partial charge in [-0.05, 0) is 52.3 Å². The van der Waals surface area contributed by atoms with Crippen LogP contribution in [0.1, 0.15) is 5.89 Å². The summed E-state index contributed by atoms with van der Waals surface area (Å²) in [4.78, 5) is 4.65. The van der Waals surface area contributed by atoms with Gasteiger partial charge in [0.15, 0.2) is 5.58 Å². The molecule has 0 unspecified atom stereocenters. The third kappa shape index (κ3) is 2.92. The Morgan fingerprint density at radius 3 is 2.73 bits per heavy atom. The molecule has 0 bridgehead atoms. The van der Waals surface area contributed by atoms with E-state index in [0.717, 1.165) is 43.1 Å². The Kier molecular flexibility index (Phi) is 4.61. The first-order valence-corrected chi connectivity index (χ1v) is 10.5. The number of hydrogen-bond acceptors (Lipinski definition) is 2. The SMILES string of the molecule is C=C/C=C\C(=C)c1nc2ccc3c(c4ccccc4n3-c3ccc(Cl)cc3Br)c2o1. The molecule has 0 N–H and O–H groups in total. The van der Waals surface area contributed by atoms with Crippen molar-refractivity contribution in [2.75, 3.05) is 0 Å². The second-order valence-electron chi connectivity index (χ2n) is 6.90. The number of para-hydroxylation sites is 1.